The lowest BCUT2D eigenvalue weighted by molar-refractivity contribution is -0.137. The Hall–Kier alpha value is -5.28. The summed E-state index contributed by atoms with van der Waals surface area (Å²) >= 11 is 0. The van der Waals surface area contributed by atoms with Crippen molar-refractivity contribution in [3.05, 3.63) is 109 Å². The van der Waals surface area contributed by atoms with Crippen LogP contribution in [0.25, 0.3) is 33.6 Å². The van der Waals surface area contributed by atoms with Crippen LogP contribution in [0.4, 0.5) is 11.5 Å². The molecule has 9 nitrogen and oxygen atoms in total. The van der Waals surface area contributed by atoms with Crippen LogP contribution in [-0.4, -0.2) is 40.2 Å². The van der Waals surface area contributed by atoms with Gasteiger partial charge in [0, 0.05) is 29.0 Å². The highest BCUT2D eigenvalue weighted by Crippen LogP contribution is 2.43. The van der Waals surface area contributed by atoms with Crippen LogP contribution in [0, 0.1) is 0 Å². The molecule has 206 valence electrons. The second-order valence-electron chi connectivity index (χ2n) is 9.02. The van der Waals surface area contributed by atoms with Crippen LogP contribution in [0.1, 0.15) is 18.5 Å². The van der Waals surface area contributed by atoms with Gasteiger partial charge in [-0.2, -0.15) is 0 Å². The number of anilines is 2. The maximum atomic E-state index is 12.3. The third-order valence-electron chi connectivity index (χ3n) is 6.32. The standard InChI is InChI=1S/C32H28N4O5/c1-2-40-27(39)18-17-26(38)35-24-15-13-22(14-16-24)28-29-31(36-25(19-37)21-9-5-3-6-10-21)33-20-34-32(29)41-30(28)23-11-7-4-8-12-23/h3-18,20,25,37H,2,19H2,1H3,(H,35,38)(H,33,34,36)/t25-/m1/s1. The van der Waals surface area contributed by atoms with Gasteiger partial charge in [0.1, 0.15) is 17.9 Å². The molecule has 5 rings (SSSR count). The van der Waals surface area contributed by atoms with Gasteiger partial charge in [0.25, 0.3) is 0 Å². The Morgan fingerprint density at radius 2 is 1.63 bits per heavy atom. The summed E-state index contributed by atoms with van der Waals surface area (Å²) in [5, 5.41) is 17.0. The van der Waals surface area contributed by atoms with Crippen molar-refractivity contribution in [2.75, 3.05) is 23.8 Å². The highest BCUT2D eigenvalue weighted by molar-refractivity contribution is 6.06. The maximum absolute atomic E-state index is 12.3. The van der Waals surface area contributed by atoms with E-state index in [2.05, 4.69) is 20.6 Å². The normalized spacial score (nSPS) is 11.9. The van der Waals surface area contributed by atoms with Crippen molar-refractivity contribution in [3.63, 3.8) is 0 Å². The smallest absolute Gasteiger partial charge is 0.330 e. The number of ether oxygens (including phenoxy) is 1. The summed E-state index contributed by atoms with van der Waals surface area (Å²) in [7, 11) is 0. The number of carbonyl (C=O) groups excluding carboxylic acids is 2. The van der Waals surface area contributed by atoms with Crippen molar-refractivity contribution in [3.8, 4) is 22.5 Å². The first-order valence-corrected chi connectivity index (χ1v) is 13.1. The summed E-state index contributed by atoms with van der Waals surface area (Å²) in [5.74, 6) is 0.0832. The molecule has 0 saturated heterocycles. The molecular formula is C32H28N4O5. The molecule has 0 aliphatic heterocycles. The fourth-order valence-electron chi connectivity index (χ4n) is 4.43. The van der Waals surface area contributed by atoms with Crippen molar-refractivity contribution in [2.45, 2.75) is 13.0 Å². The van der Waals surface area contributed by atoms with Gasteiger partial charge in [0.15, 0.2) is 0 Å². The van der Waals surface area contributed by atoms with Gasteiger partial charge in [0.2, 0.25) is 11.6 Å². The highest BCUT2D eigenvalue weighted by Gasteiger charge is 2.23. The average molecular weight is 549 g/mol. The summed E-state index contributed by atoms with van der Waals surface area (Å²) in [4.78, 5) is 32.7. The van der Waals surface area contributed by atoms with Crippen LogP contribution in [-0.2, 0) is 14.3 Å². The number of benzene rings is 3. The molecule has 1 atom stereocenters. The van der Waals surface area contributed by atoms with Crippen LogP contribution >= 0.6 is 0 Å². The van der Waals surface area contributed by atoms with Crippen LogP contribution in [0.2, 0.25) is 0 Å². The minimum absolute atomic E-state index is 0.146. The molecule has 0 spiro atoms. The number of aliphatic hydroxyl groups is 1. The van der Waals surface area contributed by atoms with E-state index in [1.807, 2.05) is 72.8 Å². The molecule has 0 saturated carbocycles. The quantitative estimate of drug-likeness (QED) is 0.149. The van der Waals surface area contributed by atoms with Gasteiger partial charge < -0.3 is 24.9 Å². The van der Waals surface area contributed by atoms with Crippen molar-refractivity contribution in [2.24, 2.45) is 0 Å². The Kier molecular flexibility index (Phi) is 8.46. The predicted molar refractivity (Wildman–Crippen MR) is 157 cm³/mol. The molecular weight excluding hydrogens is 520 g/mol. The van der Waals surface area contributed by atoms with Gasteiger partial charge in [-0.05, 0) is 30.2 Å². The fourth-order valence-corrected chi connectivity index (χ4v) is 4.43. The van der Waals surface area contributed by atoms with Gasteiger partial charge in [-0.25, -0.2) is 14.8 Å². The Bertz CT molecular complexity index is 1670. The van der Waals surface area contributed by atoms with E-state index in [-0.39, 0.29) is 13.2 Å². The molecule has 41 heavy (non-hydrogen) atoms. The number of carbonyl (C=O) groups is 2. The zero-order valence-electron chi connectivity index (χ0n) is 22.3. The molecule has 9 heteroatoms. The average Bonchev–Trinajstić information content (AvgIpc) is 3.41. The monoisotopic (exact) mass is 548 g/mol. The molecule has 5 aromatic rings. The second kappa shape index (κ2) is 12.7. The zero-order chi connectivity index (χ0) is 28.6. The summed E-state index contributed by atoms with van der Waals surface area (Å²) < 4.78 is 11.1. The van der Waals surface area contributed by atoms with E-state index in [0.29, 0.717) is 28.4 Å². The van der Waals surface area contributed by atoms with Gasteiger partial charge >= 0.3 is 5.97 Å². The van der Waals surface area contributed by atoms with E-state index in [4.69, 9.17) is 9.15 Å². The molecule has 3 aromatic carbocycles. The molecule has 0 fully saturated rings. The van der Waals surface area contributed by atoms with E-state index in [1.54, 1.807) is 19.1 Å². The summed E-state index contributed by atoms with van der Waals surface area (Å²) in [6.45, 7) is 1.78. The number of aromatic nitrogens is 2. The molecule has 2 heterocycles. The van der Waals surface area contributed by atoms with E-state index in [1.165, 1.54) is 6.33 Å². The van der Waals surface area contributed by atoms with E-state index in [9.17, 15) is 14.7 Å². The van der Waals surface area contributed by atoms with Crippen LogP contribution in [0.3, 0.4) is 0 Å². The first-order chi connectivity index (χ1) is 20.1. The number of amides is 1. The molecule has 1 amide bonds. The number of hydrogen-bond acceptors (Lipinski definition) is 8. The SMILES string of the molecule is CCOC(=O)C=CC(=O)Nc1ccc(-c2c(-c3ccccc3)oc3ncnc(N[C@H](CO)c4ccccc4)c23)cc1. The minimum atomic E-state index is -0.583. The maximum Gasteiger partial charge on any atom is 0.330 e. The third kappa shape index (κ3) is 6.32. The second-order valence-corrected chi connectivity index (χ2v) is 9.02. The number of hydrogen-bond donors (Lipinski definition) is 3. The number of furan rings is 1. The van der Waals surface area contributed by atoms with Gasteiger partial charge in [0.05, 0.1) is 24.6 Å². The molecule has 0 aliphatic carbocycles. The van der Waals surface area contributed by atoms with Gasteiger partial charge in [-0.15, -0.1) is 0 Å². The lowest BCUT2D eigenvalue weighted by atomic mass is 9.98. The fraction of sp³-hybridized carbons (Fsp3) is 0.125. The summed E-state index contributed by atoms with van der Waals surface area (Å²) in [5.41, 5.74) is 4.27. The van der Waals surface area contributed by atoms with Crippen LogP contribution in [0.15, 0.2) is 108 Å². The van der Waals surface area contributed by atoms with Crippen molar-refractivity contribution < 1.29 is 23.8 Å². The Morgan fingerprint density at radius 3 is 2.32 bits per heavy atom. The Labute approximate surface area is 236 Å². The molecule has 0 unspecified atom stereocenters. The molecule has 0 radical (unpaired) electrons. The van der Waals surface area contributed by atoms with Gasteiger partial charge in [-0.1, -0.05) is 72.8 Å². The van der Waals surface area contributed by atoms with Crippen LogP contribution < -0.4 is 10.6 Å². The third-order valence-corrected chi connectivity index (χ3v) is 6.32. The first kappa shape index (κ1) is 27.3. The number of fused-ring (bicyclic) bond motifs is 1. The van der Waals surface area contributed by atoms with E-state index in [0.717, 1.165) is 34.4 Å². The minimum Gasteiger partial charge on any atom is -0.463 e. The molecule has 0 aliphatic rings. The van der Waals surface area contributed by atoms with Crippen molar-refractivity contribution in [1.82, 2.24) is 9.97 Å². The Morgan fingerprint density at radius 1 is 0.927 bits per heavy atom. The van der Waals surface area contributed by atoms with Gasteiger partial charge in [-0.3, -0.25) is 4.79 Å². The van der Waals surface area contributed by atoms with Crippen molar-refractivity contribution in [1.29, 1.82) is 0 Å². The number of nitrogens with zero attached hydrogens (tertiary/aromatic N) is 2. The topological polar surface area (TPSA) is 127 Å². The van der Waals surface area contributed by atoms with E-state index < -0.39 is 17.9 Å². The molecule has 2 aromatic heterocycles. The Balaban J connectivity index is 1.53. The summed E-state index contributed by atoms with van der Waals surface area (Å²) in [6, 6.07) is 26.1. The predicted octanol–water partition coefficient (Wildman–Crippen LogP) is 5.76. The number of rotatable bonds is 10. The highest BCUT2D eigenvalue weighted by atomic mass is 16.5. The lowest BCUT2D eigenvalue weighted by Crippen LogP contribution is -2.15. The number of esters is 1. The zero-order valence-corrected chi connectivity index (χ0v) is 22.3. The number of nitrogens with one attached hydrogen (secondary N) is 2. The summed E-state index contributed by atoms with van der Waals surface area (Å²) in [6.07, 6.45) is 3.64. The molecule has 0 bridgehead atoms. The van der Waals surface area contributed by atoms with E-state index >= 15 is 0 Å². The lowest BCUT2D eigenvalue weighted by Gasteiger charge is -2.18. The number of aliphatic hydroxyl groups excluding tert-OH is 1. The first-order valence-electron chi connectivity index (χ1n) is 13.1. The molecule has 3 N–H and O–H groups in total. The van der Waals surface area contributed by atoms with Crippen LogP contribution in [0.5, 0.6) is 0 Å². The van der Waals surface area contributed by atoms with Crippen molar-refractivity contribution >= 4 is 34.5 Å². The largest absolute Gasteiger partial charge is 0.463 e.